The standard InChI is InChI=1S/C12H23N3/c1-5-6-13-10-12(2,3)7-11-8-14-15(4)9-11/h8-9,13H,5-7,10H2,1-4H3. The molecular weight excluding hydrogens is 186 g/mol. The van der Waals surface area contributed by atoms with E-state index in [2.05, 4.69) is 37.4 Å². The van der Waals surface area contributed by atoms with Crippen LogP contribution in [0.1, 0.15) is 32.8 Å². The van der Waals surface area contributed by atoms with Gasteiger partial charge in [-0.3, -0.25) is 4.68 Å². The number of nitrogens with zero attached hydrogens (tertiary/aromatic N) is 2. The Balaban J connectivity index is 2.41. The summed E-state index contributed by atoms with van der Waals surface area (Å²) in [5.41, 5.74) is 1.62. The van der Waals surface area contributed by atoms with E-state index in [9.17, 15) is 0 Å². The van der Waals surface area contributed by atoms with Crippen LogP contribution < -0.4 is 5.32 Å². The molecule has 3 nitrogen and oxygen atoms in total. The summed E-state index contributed by atoms with van der Waals surface area (Å²) < 4.78 is 1.87. The summed E-state index contributed by atoms with van der Waals surface area (Å²) in [5.74, 6) is 0. The average molecular weight is 209 g/mol. The molecule has 0 amide bonds. The van der Waals surface area contributed by atoms with E-state index < -0.39 is 0 Å². The van der Waals surface area contributed by atoms with Crippen LogP contribution in [-0.2, 0) is 13.5 Å². The van der Waals surface area contributed by atoms with Crippen LogP contribution in [0.3, 0.4) is 0 Å². The maximum absolute atomic E-state index is 4.19. The third kappa shape index (κ3) is 4.47. The zero-order valence-corrected chi connectivity index (χ0v) is 10.4. The van der Waals surface area contributed by atoms with Crippen LogP contribution in [0.5, 0.6) is 0 Å². The fourth-order valence-electron chi connectivity index (χ4n) is 1.78. The quantitative estimate of drug-likeness (QED) is 0.726. The first-order chi connectivity index (χ1) is 7.03. The zero-order chi connectivity index (χ0) is 11.3. The second kappa shape index (κ2) is 5.31. The van der Waals surface area contributed by atoms with Crippen LogP contribution in [-0.4, -0.2) is 22.9 Å². The lowest BCUT2D eigenvalue weighted by molar-refractivity contribution is 0.339. The van der Waals surface area contributed by atoms with E-state index in [1.807, 2.05) is 17.9 Å². The lowest BCUT2D eigenvalue weighted by Gasteiger charge is -2.24. The summed E-state index contributed by atoms with van der Waals surface area (Å²) >= 11 is 0. The second-order valence-electron chi connectivity index (χ2n) is 5.04. The topological polar surface area (TPSA) is 29.9 Å². The summed E-state index contributed by atoms with van der Waals surface area (Å²) in [6, 6.07) is 0. The molecule has 0 unspecified atom stereocenters. The highest BCUT2D eigenvalue weighted by molar-refractivity contribution is 5.06. The van der Waals surface area contributed by atoms with E-state index in [4.69, 9.17) is 0 Å². The van der Waals surface area contributed by atoms with Crippen LogP contribution in [0.2, 0.25) is 0 Å². The first kappa shape index (κ1) is 12.2. The Hall–Kier alpha value is -0.830. The lowest BCUT2D eigenvalue weighted by Crippen LogP contribution is -2.31. The minimum atomic E-state index is 0.304. The first-order valence-corrected chi connectivity index (χ1v) is 5.72. The Kier molecular flexibility index (Phi) is 4.33. The van der Waals surface area contributed by atoms with Crippen LogP contribution in [0.15, 0.2) is 12.4 Å². The predicted molar refractivity (Wildman–Crippen MR) is 63.9 cm³/mol. The van der Waals surface area contributed by atoms with Gasteiger partial charge in [0.25, 0.3) is 0 Å². The Morgan fingerprint density at radius 2 is 2.20 bits per heavy atom. The molecule has 1 heterocycles. The van der Waals surface area contributed by atoms with Crippen LogP contribution in [0, 0.1) is 5.41 Å². The maximum atomic E-state index is 4.19. The predicted octanol–water partition coefficient (Wildman–Crippen LogP) is 1.99. The zero-order valence-electron chi connectivity index (χ0n) is 10.4. The molecule has 0 spiro atoms. The van der Waals surface area contributed by atoms with Crippen molar-refractivity contribution in [3.8, 4) is 0 Å². The summed E-state index contributed by atoms with van der Waals surface area (Å²) in [7, 11) is 1.96. The molecule has 15 heavy (non-hydrogen) atoms. The summed E-state index contributed by atoms with van der Waals surface area (Å²) in [4.78, 5) is 0. The van der Waals surface area contributed by atoms with Gasteiger partial charge in [-0.1, -0.05) is 20.8 Å². The minimum Gasteiger partial charge on any atom is -0.316 e. The highest BCUT2D eigenvalue weighted by atomic mass is 15.2. The van der Waals surface area contributed by atoms with E-state index in [1.165, 1.54) is 12.0 Å². The number of aromatic nitrogens is 2. The number of hydrogen-bond donors (Lipinski definition) is 1. The molecule has 0 bridgehead atoms. The smallest absolute Gasteiger partial charge is 0.0521 e. The van der Waals surface area contributed by atoms with E-state index in [0.717, 1.165) is 19.5 Å². The normalized spacial score (nSPS) is 12.0. The van der Waals surface area contributed by atoms with Gasteiger partial charge in [0, 0.05) is 19.8 Å². The van der Waals surface area contributed by atoms with Crippen LogP contribution in [0.4, 0.5) is 0 Å². The van der Waals surface area contributed by atoms with Crippen LogP contribution in [0.25, 0.3) is 0 Å². The van der Waals surface area contributed by atoms with Gasteiger partial charge in [-0.15, -0.1) is 0 Å². The molecule has 0 aromatic carbocycles. The van der Waals surface area contributed by atoms with E-state index in [0.29, 0.717) is 5.41 Å². The molecule has 86 valence electrons. The SMILES string of the molecule is CCCNCC(C)(C)Cc1cnn(C)c1. The van der Waals surface area contributed by atoms with Crippen LogP contribution >= 0.6 is 0 Å². The van der Waals surface area contributed by atoms with Crippen molar-refractivity contribution in [2.75, 3.05) is 13.1 Å². The van der Waals surface area contributed by atoms with Gasteiger partial charge in [0.05, 0.1) is 6.20 Å². The largest absolute Gasteiger partial charge is 0.316 e. The Labute approximate surface area is 92.9 Å². The van der Waals surface area contributed by atoms with E-state index >= 15 is 0 Å². The molecule has 3 heteroatoms. The molecule has 0 fully saturated rings. The lowest BCUT2D eigenvalue weighted by atomic mass is 9.87. The molecule has 0 saturated heterocycles. The minimum absolute atomic E-state index is 0.304. The molecule has 1 N–H and O–H groups in total. The molecule has 0 aliphatic heterocycles. The fraction of sp³-hybridized carbons (Fsp3) is 0.750. The number of hydrogen-bond acceptors (Lipinski definition) is 2. The Bertz CT molecular complexity index is 289. The van der Waals surface area contributed by atoms with Gasteiger partial charge < -0.3 is 5.32 Å². The van der Waals surface area contributed by atoms with Crippen molar-refractivity contribution < 1.29 is 0 Å². The molecule has 1 aromatic heterocycles. The Morgan fingerprint density at radius 1 is 1.47 bits per heavy atom. The monoisotopic (exact) mass is 209 g/mol. The van der Waals surface area contributed by atoms with Gasteiger partial charge in [-0.2, -0.15) is 5.10 Å². The van der Waals surface area contributed by atoms with Gasteiger partial charge in [0.1, 0.15) is 0 Å². The third-order valence-corrected chi connectivity index (χ3v) is 2.47. The molecule has 1 rings (SSSR count). The Morgan fingerprint density at radius 3 is 2.73 bits per heavy atom. The third-order valence-electron chi connectivity index (χ3n) is 2.47. The van der Waals surface area contributed by atoms with Crippen molar-refractivity contribution >= 4 is 0 Å². The van der Waals surface area contributed by atoms with Crippen molar-refractivity contribution in [2.45, 2.75) is 33.6 Å². The highest BCUT2D eigenvalue weighted by Gasteiger charge is 2.18. The van der Waals surface area contributed by atoms with Crippen molar-refractivity contribution in [3.05, 3.63) is 18.0 Å². The summed E-state index contributed by atoms with van der Waals surface area (Å²) in [6.45, 7) is 8.96. The van der Waals surface area contributed by atoms with Gasteiger partial charge in [0.15, 0.2) is 0 Å². The van der Waals surface area contributed by atoms with Crippen molar-refractivity contribution in [1.82, 2.24) is 15.1 Å². The molecule has 0 aliphatic rings. The molecule has 0 saturated carbocycles. The van der Waals surface area contributed by atoms with E-state index in [1.54, 1.807) is 0 Å². The number of rotatable bonds is 6. The van der Waals surface area contributed by atoms with E-state index in [-0.39, 0.29) is 0 Å². The van der Waals surface area contributed by atoms with Crippen molar-refractivity contribution in [3.63, 3.8) is 0 Å². The molecule has 0 aliphatic carbocycles. The van der Waals surface area contributed by atoms with Crippen molar-refractivity contribution in [2.24, 2.45) is 12.5 Å². The highest BCUT2D eigenvalue weighted by Crippen LogP contribution is 2.20. The van der Waals surface area contributed by atoms with Crippen molar-refractivity contribution in [1.29, 1.82) is 0 Å². The molecule has 0 atom stereocenters. The fourth-order valence-corrected chi connectivity index (χ4v) is 1.78. The van der Waals surface area contributed by atoms with Gasteiger partial charge in [-0.05, 0) is 30.4 Å². The average Bonchev–Trinajstić information content (AvgIpc) is 2.50. The van der Waals surface area contributed by atoms with Gasteiger partial charge in [0.2, 0.25) is 0 Å². The first-order valence-electron chi connectivity index (χ1n) is 5.72. The molecule has 1 aromatic rings. The second-order valence-corrected chi connectivity index (χ2v) is 5.04. The summed E-state index contributed by atoms with van der Waals surface area (Å²) in [6.07, 6.45) is 6.34. The molecule has 0 radical (unpaired) electrons. The number of nitrogens with one attached hydrogen (secondary N) is 1. The summed E-state index contributed by atoms with van der Waals surface area (Å²) in [5, 5.41) is 7.67. The van der Waals surface area contributed by atoms with Gasteiger partial charge >= 0.3 is 0 Å². The number of aryl methyl sites for hydroxylation is 1. The van der Waals surface area contributed by atoms with Gasteiger partial charge in [-0.25, -0.2) is 0 Å². The maximum Gasteiger partial charge on any atom is 0.0521 e. The molecular formula is C12H23N3.